The number of aromatic nitrogens is 1. The molecule has 7 nitrogen and oxygen atoms in total. The molecule has 1 N–H and O–H groups in total. The molecule has 3 aromatic rings. The van der Waals surface area contributed by atoms with E-state index in [-0.39, 0.29) is 17.9 Å². The highest BCUT2D eigenvalue weighted by Gasteiger charge is 2.25. The Hall–Kier alpha value is -3.39. The number of carbonyl (C=O) groups is 2. The number of nitrogens with one attached hydrogen (secondary N) is 1. The van der Waals surface area contributed by atoms with Gasteiger partial charge >= 0.3 is 0 Å². The topological polar surface area (TPSA) is 78.8 Å². The maximum atomic E-state index is 11.9. The molecule has 1 fully saturated rings. The number of carbonyl (C=O) groups excluding carboxylic acids is 2. The zero-order valence-electron chi connectivity index (χ0n) is 15.2. The minimum atomic E-state index is -0.358. The monoisotopic (exact) mass is 408 g/mol. The summed E-state index contributed by atoms with van der Waals surface area (Å²) >= 11 is 0.917. The number of ether oxygens (including phenoxy) is 3. The number of fused-ring (bicyclic) bond motifs is 2. The van der Waals surface area contributed by atoms with Crippen molar-refractivity contribution in [3.8, 4) is 17.2 Å². The van der Waals surface area contributed by atoms with E-state index >= 15 is 0 Å². The second kappa shape index (κ2) is 7.21. The minimum Gasteiger partial charge on any atom is -0.492 e. The fraction of sp³-hybridized carbons (Fsp3) is 0.143. The highest BCUT2D eigenvalue weighted by atomic mass is 32.2. The van der Waals surface area contributed by atoms with E-state index in [1.165, 1.54) is 0 Å². The van der Waals surface area contributed by atoms with E-state index in [2.05, 4.69) is 9.88 Å². The van der Waals surface area contributed by atoms with Crippen LogP contribution in [0.25, 0.3) is 17.0 Å². The van der Waals surface area contributed by atoms with Crippen molar-refractivity contribution in [3.63, 3.8) is 0 Å². The molecule has 1 aromatic heterocycles. The second-order valence-electron chi connectivity index (χ2n) is 6.51. The van der Waals surface area contributed by atoms with Crippen LogP contribution < -0.4 is 19.5 Å². The van der Waals surface area contributed by atoms with Gasteiger partial charge in [-0.05, 0) is 36.0 Å². The number of imide groups is 1. The molecular formula is C21H16N2O5S. The van der Waals surface area contributed by atoms with Crippen LogP contribution in [0.1, 0.15) is 5.56 Å². The summed E-state index contributed by atoms with van der Waals surface area (Å²) < 4.78 is 18.6. The molecule has 3 heterocycles. The molecule has 8 heteroatoms. The third-order valence-electron chi connectivity index (χ3n) is 4.69. The van der Waals surface area contributed by atoms with Crippen LogP contribution in [0, 0.1) is 0 Å². The summed E-state index contributed by atoms with van der Waals surface area (Å²) in [7, 11) is 0. The molecule has 0 atom stereocenters. The number of nitrogens with zero attached hydrogens (tertiary/aromatic N) is 1. The van der Waals surface area contributed by atoms with Gasteiger partial charge in [0.15, 0.2) is 11.5 Å². The SMILES string of the molecule is O=C1NC(=O)/C(=C/c2cn(CCOc3ccc4c(c3)OCO4)c3ccccc23)S1. The van der Waals surface area contributed by atoms with Crippen LogP contribution in [-0.4, -0.2) is 29.1 Å². The molecule has 2 aliphatic rings. The largest absolute Gasteiger partial charge is 0.492 e. The summed E-state index contributed by atoms with van der Waals surface area (Å²) in [5, 5.41) is 2.95. The van der Waals surface area contributed by atoms with Gasteiger partial charge in [-0.1, -0.05) is 18.2 Å². The van der Waals surface area contributed by atoms with Gasteiger partial charge in [0.2, 0.25) is 6.79 Å². The molecule has 2 amide bonds. The lowest BCUT2D eigenvalue weighted by molar-refractivity contribution is -0.115. The van der Waals surface area contributed by atoms with Crippen LogP contribution in [0.4, 0.5) is 4.79 Å². The van der Waals surface area contributed by atoms with Gasteiger partial charge in [0.1, 0.15) is 12.4 Å². The van der Waals surface area contributed by atoms with E-state index in [1.807, 2.05) is 48.7 Å². The number of hydrogen-bond donors (Lipinski definition) is 1. The normalized spacial score (nSPS) is 16.6. The van der Waals surface area contributed by atoms with Crippen LogP contribution in [0.15, 0.2) is 53.6 Å². The third-order valence-corrected chi connectivity index (χ3v) is 5.50. The molecule has 0 spiro atoms. The third kappa shape index (κ3) is 3.42. The maximum absolute atomic E-state index is 11.9. The Balaban J connectivity index is 1.36. The smallest absolute Gasteiger partial charge is 0.290 e. The summed E-state index contributed by atoms with van der Waals surface area (Å²) in [6.07, 6.45) is 3.72. The Morgan fingerprint density at radius 2 is 2.00 bits per heavy atom. The van der Waals surface area contributed by atoms with Crippen molar-refractivity contribution in [3.05, 3.63) is 59.1 Å². The van der Waals surface area contributed by atoms with E-state index in [1.54, 1.807) is 6.08 Å². The summed E-state index contributed by atoms with van der Waals surface area (Å²) in [5.74, 6) is 1.76. The molecule has 2 aromatic carbocycles. The van der Waals surface area contributed by atoms with Gasteiger partial charge in [0.05, 0.1) is 11.4 Å². The van der Waals surface area contributed by atoms with Crippen LogP contribution in [0.2, 0.25) is 0 Å². The van der Waals surface area contributed by atoms with Crippen molar-refractivity contribution < 1.29 is 23.8 Å². The standard InChI is InChI=1S/C21H16N2O5S/c24-20-19(29-21(25)22-20)9-13-11-23(16-4-2-1-3-15(13)16)7-8-26-14-5-6-17-18(10-14)28-12-27-17/h1-6,9-11H,7-8,12H2,(H,22,24,25)/b19-9-. The molecular weight excluding hydrogens is 392 g/mol. The first kappa shape index (κ1) is 17.7. The quantitative estimate of drug-likeness (QED) is 0.648. The fourth-order valence-electron chi connectivity index (χ4n) is 3.37. The van der Waals surface area contributed by atoms with Crippen molar-refractivity contribution in [2.45, 2.75) is 6.54 Å². The number of amides is 2. The molecule has 2 aliphatic heterocycles. The van der Waals surface area contributed by atoms with E-state index in [0.29, 0.717) is 29.6 Å². The molecule has 0 bridgehead atoms. The lowest BCUT2D eigenvalue weighted by atomic mass is 10.1. The molecule has 0 radical (unpaired) electrons. The molecule has 0 saturated carbocycles. The van der Waals surface area contributed by atoms with Crippen LogP contribution >= 0.6 is 11.8 Å². The number of thioether (sulfide) groups is 1. The Labute approximate surface area is 170 Å². The van der Waals surface area contributed by atoms with Gasteiger partial charge in [-0.3, -0.25) is 14.9 Å². The minimum absolute atomic E-state index is 0.230. The predicted octanol–water partition coefficient (Wildman–Crippen LogP) is 3.77. The first-order chi connectivity index (χ1) is 14.2. The number of para-hydroxylation sites is 1. The van der Waals surface area contributed by atoms with Crippen molar-refractivity contribution in [2.75, 3.05) is 13.4 Å². The van der Waals surface area contributed by atoms with Crippen molar-refractivity contribution in [2.24, 2.45) is 0 Å². The fourth-order valence-corrected chi connectivity index (χ4v) is 4.04. The zero-order valence-corrected chi connectivity index (χ0v) is 16.0. The lowest BCUT2D eigenvalue weighted by Crippen LogP contribution is -2.17. The first-order valence-electron chi connectivity index (χ1n) is 9.02. The molecule has 146 valence electrons. The van der Waals surface area contributed by atoms with Crippen molar-refractivity contribution in [1.29, 1.82) is 0 Å². The molecule has 0 aliphatic carbocycles. The molecule has 1 saturated heterocycles. The lowest BCUT2D eigenvalue weighted by Gasteiger charge is -2.09. The van der Waals surface area contributed by atoms with Gasteiger partial charge in [-0.25, -0.2) is 0 Å². The van der Waals surface area contributed by atoms with Crippen molar-refractivity contribution >= 4 is 39.9 Å². The highest BCUT2D eigenvalue weighted by molar-refractivity contribution is 8.18. The Morgan fingerprint density at radius 1 is 1.14 bits per heavy atom. The summed E-state index contributed by atoms with van der Waals surface area (Å²) in [6.45, 7) is 1.31. The average Bonchev–Trinajstić information content (AvgIpc) is 3.40. The first-order valence-corrected chi connectivity index (χ1v) is 9.84. The summed E-state index contributed by atoms with van der Waals surface area (Å²) in [4.78, 5) is 23.7. The van der Waals surface area contributed by atoms with E-state index < -0.39 is 0 Å². The van der Waals surface area contributed by atoms with Crippen LogP contribution in [-0.2, 0) is 11.3 Å². The molecule has 5 rings (SSSR count). The van der Waals surface area contributed by atoms with E-state index in [9.17, 15) is 9.59 Å². The molecule has 0 unspecified atom stereocenters. The zero-order chi connectivity index (χ0) is 19.8. The van der Waals surface area contributed by atoms with Gasteiger partial charge < -0.3 is 18.8 Å². The van der Waals surface area contributed by atoms with E-state index in [4.69, 9.17) is 14.2 Å². The van der Waals surface area contributed by atoms with Gasteiger partial charge in [0.25, 0.3) is 11.1 Å². The van der Waals surface area contributed by atoms with Gasteiger partial charge in [-0.15, -0.1) is 0 Å². The Kier molecular flexibility index (Phi) is 4.40. The Bertz CT molecular complexity index is 1170. The Morgan fingerprint density at radius 3 is 2.86 bits per heavy atom. The predicted molar refractivity (Wildman–Crippen MR) is 109 cm³/mol. The average molecular weight is 408 g/mol. The highest BCUT2D eigenvalue weighted by Crippen LogP contribution is 2.35. The van der Waals surface area contributed by atoms with Crippen molar-refractivity contribution in [1.82, 2.24) is 9.88 Å². The number of rotatable bonds is 5. The molecule has 29 heavy (non-hydrogen) atoms. The van der Waals surface area contributed by atoms with Crippen LogP contribution in [0.5, 0.6) is 17.2 Å². The maximum Gasteiger partial charge on any atom is 0.290 e. The summed E-state index contributed by atoms with van der Waals surface area (Å²) in [6, 6.07) is 13.4. The van der Waals surface area contributed by atoms with E-state index in [0.717, 1.165) is 34.0 Å². The number of hydrogen-bond acceptors (Lipinski definition) is 6. The second-order valence-corrected chi connectivity index (χ2v) is 7.53. The number of benzene rings is 2. The summed E-state index contributed by atoms with van der Waals surface area (Å²) in [5.41, 5.74) is 1.92. The van der Waals surface area contributed by atoms with Gasteiger partial charge in [0, 0.05) is 28.7 Å². The van der Waals surface area contributed by atoms with Crippen LogP contribution in [0.3, 0.4) is 0 Å². The van der Waals surface area contributed by atoms with Gasteiger partial charge in [-0.2, -0.15) is 0 Å².